The van der Waals surface area contributed by atoms with E-state index in [0.29, 0.717) is 27.0 Å². The Labute approximate surface area is 176 Å². The van der Waals surface area contributed by atoms with E-state index in [0.717, 1.165) is 0 Å². The molecule has 9 heteroatoms. The number of benzene rings is 2. The number of hydrogen-bond acceptors (Lipinski definition) is 5. The molecule has 2 heterocycles. The lowest BCUT2D eigenvalue weighted by molar-refractivity contribution is -0.137. The number of halogens is 1. The fourth-order valence-corrected chi connectivity index (χ4v) is 6.06. The van der Waals surface area contributed by atoms with E-state index in [4.69, 9.17) is 0 Å². The Morgan fingerprint density at radius 1 is 1.20 bits per heavy atom. The number of thiazole rings is 1. The van der Waals surface area contributed by atoms with Gasteiger partial charge in [-0.3, -0.25) is 4.79 Å². The fourth-order valence-electron chi connectivity index (χ4n) is 3.55. The molecule has 0 aliphatic rings. The zero-order valence-electron chi connectivity index (χ0n) is 15.9. The van der Waals surface area contributed by atoms with Gasteiger partial charge in [-0.15, -0.1) is 11.3 Å². The van der Waals surface area contributed by atoms with Crippen LogP contribution in [0.25, 0.3) is 10.9 Å². The standard InChI is InChI=1S/C21H17FN2O4S2/c1-13-16(17-9-14(22)7-8-18(17)24(13)11-20(25)26)10-19-21(23-12-29-19)30(27,28)15-5-3-2-4-6-15/h2-9,12H,10-11H2,1H3,(H,25,26). The highest BCUT2D eigenvalue weighted by Crippen LogP contribution is 2.33. The second-order valence-electron chi connectivity index (χ2n) is 6.78. The van der Waals surface area contributed by atoms with Crippen LogP contribution in [0, 0.1) is 12.7 Å². The van der Waals surface area contributed by atoms with Crippen LogP contribution in [0.1, 0.15) is 16.1 Å². The maximum absolute atomic E-state index is 14.0. The van der Waals surface area contributed by atoms with Crippen LogP contribution in [-0.4, -0.2) is 29.0 Å². The van der Waals surface area contributed by atoms with Crippen LogP contribution in [0.15, 0.2) is 64.0 Å². The molecule has 0 atom stereocenters. The Morgan fingerprint density at radius 2 is 1.93 bits per heavy atom. The van der Waals surface area contributed by atoms with Crippen LogP contribution in [0.3, 0.4) is 0 Å². The first-order valence-corrected chi connectivity index (χ1v) is 11.4. The van der Waals surface area contributed by atoms with Gasteiger partial charge >= 0.3 is 5.97 Å². The molecule has 2 aromatic carbocycles. The zero-order chi connectivity index (χ0) is 21.5. The van der Waals surface area contributed by atoms with Gasteiger partial charge in [0.15, 0.2) is 5.03 Å². The van der Waals surface area contributed by atoms with Crippen molar-refractivity contribution in [1.82, 2.24) is 9.55 Å². The molecule has 4 rings (SSSR count). The molecule has 0 bridgehead atoms. The molecule has 0 radical (unpaired) electrons. The molecule has 0 saturated carbocycles. The van der Waals surface area contributed by atoms with Gasteiger partial charge < -0.3 is 9.67 Å². The van der Waals surface area contributed by atoms with Crippen LogP contribution in [0.5, 0.6) is 0 Å². The molecule has 0 aliphatic heterocycles. The summed E-state index contributed by atoms with van der Waals surface area (Å²) in [4.78, 5) is 16.1. The number of rotatable bonds is 6. The van der Waals surface area contributed by atoms with E-state index in [1.54, 1.807) is 35.8 Å². The maximum atomic E-state index is 14.0. The molecule has 0 aliphatic carbocycles. The second-order valence-corrected chi connectivity index (χ2v) is 9.58. The summed E-state index contributed by atoms with van der Waals surface area (Å²) in [5.41, 5.74) is 3.38. The monoisotopic (exact) mass is 444 g/mol. The second kappa shape index (κ2) is 7.66. The number of carboxylic acids is 1. The zero-order valence-corrected chi connectivity index (χ0v) is 17.5. The third kappa shape index (κ3) is 3.50. The van der Waals surface area contributed by atoms with Gasteiger partial charge in [0.1, 0.15) is 12.4 Å². The molecule has 0 fully saturated rings. The summed E-state index contributed by atoms with van der Waals surface area (Å²) < 4.78 is 41.7. The Bertz CT molecular complexity index is 1360. The first kappa shape index (κ1) is 20.2. The highest BCUT2D eigenvalue weighted by Gasteiger charge is 2.26. The van der Waals surface area contributed by atoms with Gasteiger partial charge in [-0.25, -0.2) is 17.8 Å². The summed E-state index contributed by atoms with van der Waals surface area (Å²) in [5.74, 6) is -1.46. The maximum Gasteiger partial charge on any atom is 0.323 e. The van der Waals surface area contributed by atoms with E-state index in [-0.39, 0.29) is 22.9 Å². The van der Waals surface area contributed by atoms with Crippen molar-refractivity contribution in [1.29, 1.82) is 0 Å². The van der Waals surface area contributed by atoms with Crippen molar-refractivity contribution in [2.45, 2.75) is 29.8 Å². The number of aliphatic carboxylic acids is 1. The minimum absolute atomic E-state index is 0.0337. The lowest BCUT2D eigenvalue weighted by atomic mass is 10.1. The Morgan fingerprint density at radius 3 is 2.63 bits per heavy atom. The molecule has 30 heavy (non-hydrogen) atoms. The smallest absolute Gasteiger partial charge is 0.323 e. The molecule has 6 nitrogen and oxygen atoms in total. The SMILES string of the molecule is Cc1c(Cc2scnc2S(=O)(=O)c2ccccc2)c2cc(F)ccc2n1CC(=O)O. The van der Waals surface area contributed by atoms with Crippen molar-refractivity contribution < 1.29 is 22.7 Å². The number of aromatic nitrogens is 2. The molecular weight excluding hydrogens is 427 g/mol. The molecule has 1 N–H and O–H groups in total. The van der Waals surface area contributed by atoms with Gasteiger partial charge in [0, 0.05) is 27.9 Å². The van der Waals surface area contributed by atoms with Crippen LogP contribution in [-0.2, 0) is 27.6 Å². The summed E-state index contributed by atoms with van der Waals surface area (Å²) in [6, 6.07) is 12.2. The lowest BCUT2D eigenvalue weighted by Crippen LogP contribution is -2.10. The van der Waals surface area contributed by atoms with Crippen molar-refractivity contribution in [2.24, 2.45) is 0 Å². The minimum Gasteiger partial charge on any atom is -0.480 e. The van der Waals surface area contributed by atoms with Gasteiger partial charge in [-0.1, -0.05) is 18.2 Å². The van der Waals surface area contributed by atoms with Gasteiger partial charge in [0.05, 0.1) is 10.4 Å². The van der Waals surface area contributed by atoms with E-state index >= 15 is 0 Å². The predicted molar refractivity (Wildman–Crippen MR) is 111 cm³/mol. The van der Waals surface area contributed by atoms with E-state index in [1.807, 2.05) is 0 Å². The highest BCUT2D eigenvalue weighted by atomic mass is 32.2. The normalized spacial score (nSPS) is 11.8. The third-order valence-corrected chi connectivity index (χ3v) is 7.67. The number of carboxylic acid groups (broad SMARTS) is 1. The summed E-state index contributed by atoms with van der Waals surface area (Å²) in [6.07, 6.45) is 0.199. The van der Waals surface area contributed by atoms with Gasteiger partial charge in [-0.2, -0.15) is 0 Å². The molecule has 0 amide bonds. The van der Waals surface area contributed by atoms with Crippen LogP contribution < -0.4 is 0 Å². The molecule has 0 spiro atoms. The van der Waals surface area contributed by atoms with E-state index in [1.165, 1.54) is 41.1 Å². The van der Waals surface area contributed by atoms with Gasteiger partial charge in [0.25, 0.3) is 0 Å². The van der Waals surface area contributed by atoms with Crippen molar-refractivity contribution in [3.8, 4) is 0 Å². The van der Waals surface area contributed by atoms with E-state index in [9.17, 15) is 22.7 Å². The van der Waals surface area contributed by atoms with Crippen molar-refractivity contribution in [2.75, 3.05) is 0 Å². The molecule has 0 unspecified atom stereocenters. The Balaban J connectivity index is 1.84. The summed E-state index contributed by atoms with van der Waals surface area (Å²) in [6.45, 7) is 1.48. The van der Waals surface area contributed by atoms with Crippen molar-refractivity contribution in [3.63, 3.8) is 0 Å². The van der Waals surface area contributed by atoms with Gasteiger partial charge in [0.2, 0.25) is 9.84 Å². The van der Waals surface area contributed by atoms with Crippen molar-refractivity contribution >= 4 is 38.0 Å². The molecule has 154 valence electrons. The lowest BCUT2D eigenvalue weighted by Gasteiger charge is -2.07. The van der Waals surface area contributed by atoms with Crippen LogP contribution >= 0.6 is 11.3 Å². The Kier molecular flexibility index (Phi) is 5.17. The largest absolute Gasteiger partial charge is 0.480 e. The predicted octanol–water partition coefficient (Wildman–Crippen LogP) is 4.05. The quantitative estimate of drug-likeness (QED) is 0.485. The van der Waals surface area contributed by atoms with Gasteiger partial charge in [-0.05, 0) is 42.8 Å². The average molecular weight is 445 g/mol. The first-order chi connectivity index (χ1) is 14.3. The van der Waals surface area contributed by atoms with Crippen LogP contribution in [0.4, 0.5) is 4.39 Å². The van der Waals surface area contributed by atoms with Crippen molar-refractivity contribution in [3.05, 3.63) is 76.0 Å². The molecule has 2 aromatic heterocycles. The molecule has 0 saturated heterocycles. The van der Waals surface area contributed by atoms with E-state index < -0.39 is 21.6 Å². The highest BCUT2D eigenvalue weighted by molar-refractivity contribution is 7.91. The first-order valence-electron chi connectivity index (χ1n) is 9.00. The van der Waals surface area contributed by atoms with Crippen LogP contribution in [0.2, 0.25) is 0 Å². The third-order valence-electron chi connectivity index (χ3n) is 4.96. The topological polar surface area (TPSA) is 89.3 Å². The molecule has 4 aromatic rings. The average Bonchev–Trinajstić information content (AvgIpc) is 3.28. The fraction of sp³-hybridized carbons (Fsp3) is 0.143. The number of carbonyl (C=O) groups is 1. The number of hydrogen-bond donors (Lipinski definition) is 1. The minimum atomic E-state index is -3.81. The number of fused-ring (bicyclic) bond motifs is 1. The summed E-state index contributed by atoms with van der Waals surface area (Å²) in [5, 5.41) is 9.79. The van der Waals surface area contributed by atoms with E-state index in [2.05, 4.69) is 4.98 Å². The summed E-state index contributed by atoms with van der Waals surface area (Å²) in [7, 11) is -3.81. The molecular formula is C21H17FN2O4S2. The number of sulfone groups is 1. The number of nitrogens with zero attached hydrogens (tertiary/aromatic N) is 2. The summed E-state index contributed by atoms with van der Waals surface area (Å²) >= 11 is 1.20. The Hall–Kier alpha value is -3.04.